The molecule has 4 N–H and O–H groups in total. The predicted octanol–water partition coefficient (Wildman–Crippen LogP) is 3.20. The highest BCUT2D eigenvalue weighted by Gasteiger charge is 2.15. The first-order chi connectivity index (χ1) is 12.1. The zero-order valence-electron chi connectivity index (χ0n) is 15.4. The summed E-state index contributed by atoms with van der Waals surface area (Å²) < 4.78 is 5.27. The molecular weight excluding hydrogens is 352 g/mol. The van der Waals surface area contributed by atoms with Gasteiger partial charge in [-0.3, -0.25) is 9.59 Å². The molecule has 1 aliphatic rings. The van der Waals surface area contributed by atoms with Gasteiger partial charge < -0.3 is 21.0 Å². The zero-order valence-corrected chi connectivity index (χ0v) is 16.3. The van der Waals surface area contributed by atoms with E-state index in [0.29, 0.717) is 25.2 Å². The first-order valence-electron chi connectivity index (χ1n) is 8.64. The van der Waals surface area contributed by atoms with Gasteiger partial charge in [0, 0.05) is 23.3 Å². The lowest BCUT2D eigenvalue weighted by molar-refractivity contribution is -0.137. The molecule has 0 fully saturated rings. The monoisotopic (exact) mass is 380 g/mol. The summed E-state index contributed by atoms with van der Waals surface area (Å²) in [5.41, 5.74) is 7.79. The SMILES string of the molecule is CC(C)(S)CC(N)=O.N=C1CCCc2cc(OCCCC(=O)O)ccc21. The molecule has 6 nitrogen and oxygen atoms in total. The molecule has 26 heavy (non-hydrogen) atoms. The molecule has 144 valence electrons. The van der Waals surface area contributed by atoms with E-state index in [4.69, 9.17) is 21.0 Å². The third-order valence-electron chi connectivity index (χ3n) is 3.69. The molecule has 0 aromatic heterocycles. The van der Waals surface area contributed by atoms with E-state index in [1.54, 1.807) is 0 Å². The molecule has 0 saturated carbocycles. The van der Waals surface area contributed by atoms with E-state index in [1.807, 2.05) is 32.0 Å². The van der Waals surface area contributed by atoms with Gasteiger partial charge in [0.1, 0.15) is 5.75 Å². The number of primary amides is 1. The number of aliphatic carboxylic acids is 1. The van der Waals surface area contributed by atoms with Crippen LogP contribution in [0.5, 0.6) is 5.75 Å². The molecule has 1 aromatic rings. The van der Waals surface area contributed by atoms with Crippen molar-refractivity contribution in [3.8, 4) is 5.75 Å². The molecule has 0 saturated heterocycles. The molecule has 1 aliphatic carbocycles. The summed E-state index contributed by atoms with van der Waals surface area (Å²) in [5.74, 6) is -0.323. The summed E-state index contributed by atoms with van der Waals surface area (Å²) >= 11 is 4.09. The van der Waals surface area contributed by atoms with Crippen LogP contribution in [0.4, 0.5) is 0 Å². The van der Waals surface area contributed by atoms with Gasteiger partial charge in [0.2, 0.25) is 5.91 Å². The summed E-state index contributed by atoms with van der Waals surface area (Å²) in [6, 6.07) is 5.77. The molecule has 0 unspecified atom stereocenters. The maximum atomic E-state index is 10.4. The first-order valence-corrected chi connectivity index (χ1v) is 9.09. The minimum Gasteiger partial charge on any atom is -0.494 e. The van der Waals surface area contributed by atoms with E-state index >= 15 is 0 Å². The summed E-state index contributed by atoms with van der Waals surface area (Å²) in [6.07, 6.45) is 3.85. The third-order valence-corrected chi connectivity index (χ3v) is 3.84. The van der Waals surface area contributed by atoms with Gasteiger partial charge in [-0.15, -0.1) is 0 Å². The molecular formula is C19H28N2O4S. The Kier molecular flexibility index (Phi) is 8.65. The molecule has 0 spiro atoms. The Morgan fingerprint density at radius 1 is 1.35 bits per heavy atom. The number of hydrogen-bond donors (Lipinski definition) is 4. The van der Waals surface area contributed by atoms with Crippen molar-refractivity contribution in [1.82, 2.24) is 0 Å². The molecule has 0 bridgehead atoms. The number of benzene rings is 1. The van der Waals surface area contributed by atoms with Gasteiger partial charge >= 0.3 is 5.97 Å². The molecule has 2 rings (SSSR count). The van der Waals surface area contributed by atoms with Crippen molar-refractivity contribution in [2.45, 2.75) is 57.1 Å². The van der Waals surface area contributed by atoms with Crippen LogP contribution in [0.15, 0.2) is 18.2 Å². The van der Waals surface area contributed by atoms with Gasteiger partial charge in [0.05, 0.1) is 6.61 Å². The number of carbonyl (C=O) groups excluding carboxylic acids is 1. The van der Waals surface area contributed by atoms with Crippen LogP contribution in [0, 0.1) is 5.41 Å². The maximum Gasteiger partial charge on any atom is 0.303 e. The summed E-state index contributed by atoms with van der Waals surface area (Å²) in [5, 5.41) is 16.4. The topological polar surface area (TPSA) is 113 Å². The smallest absolute Gasteiger partial charge is 0.303 e. The van der Waals surface area contributed by atoms with Crippen LogP contribution in [0.3, 0.4) is 0 Å². The molecule has 1 aromatic carbocycles. The second-order valence-corrected chi connectivity index (χ2v) is 8.16. The molecule has 0 aliphatic heterocycles. The highest BCUT2D eigenvalue weighted by atomic mass is 32.1. The number of amides is 1. The summed E-state index contributed by atoms with van der Waals surface area (Å²) in [4.78, 5) is 20.5. The normalized spacial score (nSPS) is 13.3. The lowest BCUT2D eigenvalue weighted by Gasteiger charge is -2.17. The fourth-order valence-electron chi connectivity index (χ4n) is 2.59. The van der Waals surface area contributed by atoms with Crippen LogP contribution in [0.1, 0.15) is 57.1 Å². The van der Waals surface area contributed by atoms with Crippen LogP contribution < -0.4 is 10.5 Å². The van der Waals surface area contributed by atoms with Crippen LogP contribution >= 0.6 is 12.6 Å². The lowest BCUT2D eigenvalue weighted by Crippen LogP contribution is -2.22. The molecule has 0 radical (unpaired) electrons. The number of fused-ring (bicyclic) bond motifs is 1. The minimum absolute atomic E-state index is 0.135. The average molecular weight is 381 g/mol. The highest BCUT2D eigenvalue weighted by molar-refractivity contribution is 7.81. The van der Waals surface area contributed by atoms with Crippen molar-refractivity contribution >= 4 is 30.2 Å². The van der Waals surface area contributed by atoms with Crippen molar-refractivity contribution in [2.24, 2.45) is 5.73 Å². The van der Waals surface area contributed by atoms with E-state index in [1.165, 1.54) is 5.56 Å². The van der Waals surface area contributed by atoms with Gasteiger partial charge in [-0.25, -0.2) is 0 Å². The maximum absolute atomic E-state index is 10.4. The Labute approximate surface area is 160 Å². The highest BCUT2D eigenvalue weighted by Crippen LogP contribution is 2.25. The van der Waals surface area contributed by atoms with E-state index in [9.17, 15) is 9.59 Å². The minimum atomic E-state index is -0.794. The lowest BCUT2D eigenvalue weighted by atomic mass is 9.90. The fourth-order valence-corrected chi connectivity index (χ4v) is 2.75. The standard InChI is InChI=1S/C14H17NO3.C5H11NOS/c15-13-4-1-3-10-9-11(6-7-12(10)13)18-8-2-5-14(16)17;1-5(2,8)3-4(6)7/h6-7,9,15H,1-5,8H2,(H,16,17);8H,3H2,1-2H3,(H2,6,7). The summed E-state index contributed by atoms with van der Waals surface area (Å²) in [6.45, 7) is 4.12. The van der Waals surface area contributed by atoms with Crippen molar-refractivity contribution in [3.63, 3.8) is 0 Å². The van der Waals surface area contributed by atoms with Gasteiger partial charge in [0.25, 0.3) is 0 Å². The van der Waals surface area contributed by atoms with Crippen molar-refractivity contribution in [2.75, 3.05) is 6.61 Å². The van der Waals surface area contributed by atoms with Crippen LogP contribution in [0.25, 0.3) is 0 Å². The Hall–Kier alpha value is -2.02. The second kappa shape index (κ2) is 10.2. The summed E-state index contributed by atoms with van der Waals surface area (Å²) in [7, 11) is 0. The van der Waals surface area contributed by atoms with Gasteiger partial charge in [-0.1, -0.05) is 13.8 Å². The van der Waals surface area contributed by atoms with E-state index in [0.717, 1.165) is 30.6 Å². The number of carboxylic acids is 1. The second-order valence-electron chi connectivity index (χ2n) is 6.95. The average Bonchev–Trinajstić information content (AvgIpc) is 2.50. The number of hydrogen-bond acceptors (Lipinski definition) is 5. The number of carbonyl (C=O) groups is 2. The number of thiol groups is 1. The molecule has 1 amide bonds. The van der Waals surface area contributed by atoms with Crippen LogP contribution in [-0.2, 0) is 16.0 Å². The predicted molar refractivity (Wildman–Crippen MR) is 105 cm³/mol. The first kappa shape index (κ1) is 22.0. The Morgan fingerprint density at radius 3 is 2.58 bits per heavy atom. The van der Waals surface area contributed by atoms with Crippen molar-refractivity contribution in [3.05, 3.63) is 29.3 Å². The third kappa shape index (κ3) is 8.89. The molecule has 0 atom stereocenters. The Balaban J connectivity index is 0.000000359. The number of nitrogens with one attached hydrogen (secondary N) is 1. The Morgan fingerprint density at radius 2 is 2.04 bits per heavy atom. The van der Waals surface area contributed by atoms with Crippen LogP contribution in [-0.4, -0.2) is 34.0 Å². The van der Waals surface area contributed by atoms with E-state index in [2.05, 4.69) is 12.6 Å². The largest absolute Gasteiger partial charge is 0.494 e. The molecule has 0 heterocycles. The van der Waals surface area contributed by atoms with E-state index < -0.39 is 5.97 Å². The van der Waals surface area contributed by atoms with Crippen molar-refractivity contribution in [1.29, 1.82) is 5.41 Å². The van der Waals surface area contributed by atoms with Crippen molar-refractivity contribution < 1.29 is 19.4 Å². The molecule has 7 heteroatoms. The fraction of sp³-hybridized carbons (Fsp3) is 0.526. The van der Waals surface area contributed by atoms with Gasteiger partial charge in [-0.05, 0) is 55.0 Å². The van der Waals surface area contributed by atoms with Crippen LogP contribution in [0.2, 0.25) is 0 Å². The number of nitrogens with two attached hydrogens (primary N) is 1. The quantitative estimate of drug-likeness (QED) is 0.429. The Bertz CT molecular complexity index is 653. The van der Waals surface area contributed by atoms with Gasteiger partial charge in [-0.2, -0.15) is 12.6 Å². The number of carboxylic acid groups (broad SMARTS) is 1. The van der Waals surface area contributed by atoms with E-state index in [-0.39, 0.29) is 17.1 Å². The zero-order chi connectivity index (χ0) is 19.7. The number of aryl methyl sites for hydroxylation is 1. The number of rotatable bonds is 7. The van der Waals surface area contributed by atoms with Gasteiger partial charge in [0.15, 0.2) is 0 Å². The number of ether oxygens (including phenoxy) is 1.